The minimum absolute atomic E-state index is 0.0200. The van der Waals surface area contributed by atoms with Gasteiger partial charge in [-0.15, -0.1) is 0 Å². The average molecular weight is 302 g/mol. The summed E-state index contributed by atoms with van der Waals surface area (Å²) in [6.45, 7) is 1.46. The molecule has 0 aliphatic carbocycles. The molecule has 0 heterocycles. The van der Waals surface area contributed by atoms with Gasteiger partial charge in [-0.3, -0.25) is 0 Å². The summed E-state index contributed by atoms with van der Waals surface area (Å²) in [5, 5.41) is 0. The number of halogens is 1. The van der Waals surface area contributed by atoms with E-state index in [-0.39, 0.29) is 11.7 Å². The normalized spacial score (nSPS) is 12.3. The first-order valence-corrected chi connectivity index (χ1v) is 7.24. The van der Waals surface area contributed by atoms with Crippen LogP contribution in [0.1, 0.15) is 17.0 Å². The maximum absolute atomic E-state index is 12.9. The molecular weight excluding hydrogens is 283 g/mol. The van der Waals surface area contributed by atoms with E-state index in [1.54, 1.807) is 12.1 Å². The van der Waals surface area contributed by atoms with Crippen LogP contribution >= 0.6 is 12.2 Å². The molecule has 1 unspecified atom stereocenters. The van der Waals surface area contributed by atoms with Crippen molar-refractivity contribution < 1.29 is 4.39 Å². The van der Waals surface area contributed by atoms with Crippen LogP contribution in [0.5, 0.6) is 0 Å². The predicted octanol–water partition coefficient (Wildman–Crippen LogP) is 3.33. The first-order valence-electron chi connectivity index (χ1n) is 6.83. The summed E-state index contributed by atoms with van der Waals surface area (Å²) in [4.78, 5) is 2.64. The van der Waals surface area contributed by atoms with E-state index in [4.69, 9.17) is 18.0 Å². The summed E-state index contributed by atoms with van der Waals surface area (Å²) in [5.74, 6) is -0.196. The van der Waals surface area contributed by atoms with Crippen LogP contribution in [-0.4, -0.2) is 23.5 Å². The molecule has 0 aliphatic rings. The Morgan fingerprint density at radius 1 is 1.14 bits per heavy atom. The molecule has 2 nitrogen and oxygen atoms in total. The monoisotopic (exact) mass is 302 g/mol. The second-order valence-corrected chi connectivity index (χ2v) is 5.66. The van der Waals surface area contributed by atoms with Gasteiger partial charge in [-0.25, -0.2) is 4.39 Å². The molecule has 0 spiro atoms. The van der Waals surface area contributed by atoms with Crippen molar-refractivity contribution >= 4 is 17.2 Å². The van der Waals surface area contributed by atoms with Crippen molar-refractivity contribution in [1.82, 2.24) is 4.90 Å². The summed E-state index contributed by atoms with van der Waals surface area (Å²) >= 11 is 5.20. The summed E-state index contributed by atoms with van der Waals surface area (Å²) in [6.07, 6.45) is 0. The summed E-state index contributed by atoms with van der Waals surface area (Å²) in [7, 11) is 2.01. The van der Waals surface area contributed by atoms with Crippen molar-refractivity contribution in [3.63, 3.8) is 0 Å². The van der Waals surface area contributed by atoms with E-state index in [0.717, 1.165) is 24.2 Å². The Hall–Kier alpha value is -1.78. The second-order valence-electron chi connectivity index (χ2n) is 5.19. The lowest BCUT2D eigenvalue weighted by Crippen LogP contribution is -2.31. The summed E-state index contributed by atoms with van der Waals surface area (Å²) < 4.78 is 12.9. The molecule has 110 valence electrons. The zero-order valence-corrected chi connectivity index (χ0v) is 12.8. The number of thiocarbonyl (C=S) groups is 1. The molecule has 0 saturated carbocycles. The molecule has 0 radical (unpaired) electrons. The SMILES string of the molecule is CN(Cc1ccc(F)cc1)CC(C(N)=S)c1ccccc1. The Labute approximate surface area is 130 Å². The summed E-state index contributed by atoms with van der Waals surface area (Å²) in [6, 6.07) is 16.6. The van der Waals surface area contributed by atoms with E-state index in [1.807, 2.05) is 37.4 Å². The Kier molecular flexibility index (Phi) is 5.42. The highest BCUT2D eigenvalue weighted by molar-refractivity contribution is 7.80. The molecule has 4 heteroatoms. The van der Waals surface area contributed by atoms with Gasteiger partial charge in [0.2, 0.25) is 0 Å². The fourth-order valence-electron chi connectivity index (χ4n) is 2.32. The Balaban J connectivity index is 2.03. The van der Waals surface area contributed by atoms with Gasteiger partial charge in [0.1, 0.15) is 5.82 Å². The lowest BCUT2D eigenvalue weighted by Gasteiger charge is -2.23. The van der Waals surface area contributed by atoms with Crippen LogP contribution in [-0.2, 0) is 6.54 Å². The highest BCUT2D eigenvalue weighted by atomic mass is 32.1. The third-order valence-corrected chi connectivity index (χ3v) is 3.69. The van der Waals surface area contributed by atoms with Gasteiger partial charge in [-0.1, -0.05) is 54.7 Å². The number of hydrogen-bond acceptors (Lipinski definition) is 2. The summed E-state index contributed by atoms with van der Waals surface area (Å²) in [5.41, 5.74) is 8.07. The maximum Gasteiger partial charge on any atom is 0.123 e. The van der Waals surface area contributed by atoms with Gasteiger partial charge in [0.15, 0.2) is 0 Å². The van der Waals surface area contributed by atoms with Gasteiger partial charge >= 0.3 is 0 Å². The number of nitrogens with two attached hydrogens (primary N) is 1. The smallest absolute Gasteiger partial charge is 0.123 e. The van der Waals surface area contributed by atoms with Crippen LogP contribution in [0.4, 0.5) is 4.39 Å². The topological polar surface area (TPSA) is 29.3 Å². The van der Waals surface area contributed by atoms with E-state index < -0.39 is 0 Å². The molecular formula is C17H19FN2S. The van der Waals surface area contributed by atoms with Crippen molar-refractivity contribution in [3.05, 3.63) is 71.5 Å². The molecule has 0 aliphatic heterocycles. The molecule has 2 aromatic carbocycles. The highest BCUT2D eigenvalue weighted by Gasteiger charge is 2.16. The molecule has 21 heavy (non-hydrogen) atoms. The van der Waals surface area contributed by atoms with E-state index in [0.29, 0.717) is 4.99 Å². The zero-order chi connectivity index (χ0) is 15.2. The average Bonchev–Trinajstić information content (AvgIpc) is 2.48. The number of hydrogen-bond donors (Lipinski definition) is 1. The first-order chi connectivity index (χ1) is 10.1. The first kappa shape index (κ1) is 15.6. The number of benzene rings is 2. The lowest BCUT2D eigenvalue weighted by atomic mass is 9.98. The molecule has 2 aromatic rings. The van der Waals surface area contributed by atoms with Crippen molar-refractivity contribution in [2.75, 3.05) is 13.6 Å². The molecule has 2 N–H and O–H groups in total. The van der Waals surface area contributed by atoms with Crippen LogP contribution < -0.4 is 5.73 Å². The number of rotatable bonds is 6. The molecule has 0 amide bonds. The van der Waals surface area contributed by atoms with Crippen molar-refractivity contribution in [3.8, 4) is 0 Å². The van der Waals surface area contributed by atoms with Gasteiger partial charge in [0.25, 0.3) is 0 Å². The third-order valence-electron chi connectivity index (χ3n) is 3.41. The van der Waals surface area contributed by atoms with Gasteiger partial charge in [0, 0.05) is 19.0 Å². The molecule has 0 aromatic heterocycles. The molecule has 0 saturated heterocycles. The van der Waals surface area contributed by atoms with E-state index in [9.17, 15) is 4.39 Å². The van der Waals surface area contributed by atoms with Crippen LogP contribution in [0.25, 0.3) is 0 Å². The van der Waals surface area contributed by atoms with E-state index in [2.05, 4.69) is 4.90 Å². The molecule has 0 bridgehead atoms. The van der Waals surface area contributed by atoms with E-state index >= 15 is 0 Å². The highest BCUT2D eigenvalue weighted by Crippen LogP contribution is 2.18. The largest absolute Gasteiger partial charge is 0.393 e. The zero-order valence-electron chi connectivity index (χ0n) is 12.0. The Bertz CT molecular complexity index is 583. The third kappa shape index (κ3) is 4.62. The van der Waals surface area contributed by atoms with Gasteiger partial charge in [-0.05, 0) is 30.3 Å². The molecule has 0 fully saturated rings. The van der Waals surface area contributed by atoms with Crippen molar-refractivity contribution in [1.29, 1.82) is 0 Å². The van der Waals surface area contributed by atoms with Crippen LogP contribution in [0.15, 0.2) is 54.6 Å². The Morgan fingerprint density at radius 3 is 2.33 bits per heavy atom. The Morgan fingerprint density at radius 2 is 1.76 bits per heavy atom. The fraction of sp³-hybridized carbons (Fsp3) is 0.235. The quantitative estimate of drug-likeness (QED) is 0.830. The fourth-order valence-corrected chi connectivity index (χ4v) is 2.53. The number of nitrogens with zero attached hydrogens (tertiary/aromatic N) is 1. The van der Waals surface area contributed by atoms with Crippen LogP contribution in [0, 0.1) is 5.82 Å². The molecule has 2 rings (SSSR count). The molecule has 1 atom stereocenters. The van der Waals surface area contributed by atoms with Crippen molar-refractivity contribution in [2.45, 2.75) is 12.5 Å². The van der Waals surface area contributed by atoms with Gasteiger partial charge < -0.3 is 10.6 Å². The lowest BCUT2D eigenvalue weighted by molar-refractivity contribution is 0.323. The standard InChI is InChI=1S/C17H19FN2S/c1-20(11-13-7-9-15(18)10-8-13)12-16(17(19)21)14-5-3-2-4-6-14/h2-10,16H,11-12H2,1H3,(H2,19,21). The second kappa shape index (κ2) is 7.29. The minimum atomic E-state index is -0.216. The predicted molar refractivity (Wildman–Crippen MR) is 88.7 cm³/mol. The van der Waals surface area contributed by atoms with Gasteiger partial charge in [0.05, 0.1) is 4.99 Å². The van der Waals surface area contributed by atoms with Crippen LogP contribution in [0.3, 0.4) is 0 Å². The van der Waals surface area contributed by atoms with Crippen molar-refractivity contribution in [2.24, 2.45) is 5.73 Å². The van der Waals surface area contributed by atoms with Crippen LogP contribution in [0.2, 0.25) is 0 Å². The maximum atomic E-state index is 12.9. The van der Waals surface area contributed by atoms with Gasteiger partial charge in [-0.2, -0.15) is 0 Å². The minimum Gasteiger partial charge on any atom is -0.393 e. The number of likely N-dealkylation sites (N-methyl/N-ethyl adjacent to an activating group) is 1. The van der Waals surface area contributed by atoms with E-state index in [1.165, 1.54) is 12.1 Å².